The van der Waals surface area contributed by atoms with Crippen molar-refractivity contribution in [2.45, 2.75) is 0 Å². The molecule has 0 atom stereocenters. The van der Waals surface area contributed by atoms with Crippen LogP contribution in [0.15, 0.2) is 36.4 Å². The largest absolute Gasteiger partial charge is 0.0832 e. The first-order valence-corrected chi connectivity index (χ1v) is 7.40. The third-order valence-corrected chi connectivity index (χ3v) is 5.32. The van der Waals surface area contributed by atoms with Crippen LogP contribution >= 0.6 is 68.4 Å². The molecule has 4 heteroatoms. The summed E-state index contributed by atoms with van der Waals surface area (Å²) in [5.41, 5.74) is 2.17. The van der Waals surface area contributed by atoms with Gasteiger partial charge in [-0.15, -0.1) is 0 Å². The third kappa shape index (κ3) is 2.83. The Morgan fingerprint density at radius 3 is 1.38 bits per heavy atom. The highest BCUT2D eigenvalue weighted by molar-refractivity contribution is 14.1. The summed E-state index contributed by atoms with van der Waals surface area (Å²) in [6.45, 7) is 0. The van der Waals surface area contributed by atoms with Crippen molar-refractivity contribution in [3.8, 4) is 11.1 Å². The molecule has 0 aliphatic carbocycles. The van der Waals surface area contributed by atoms with E-state index in [1.165, 1.54) is 0 Å². The lowest BCUT2D eigenvalue weighted by Gasteiger charge is -2.05. The molecule has 0 aliphatic rings. The number of hydrogen-bond acceptors (Lipinski definition) is 0. The maximum absolute atomic E-state index is 6.09. The second-order valence-corrected chi connectivity index (χ2v) is 6.40. The van der Waals surface area contributed by atoms with Gasteiger partial charge in [-0.3, -0.25) is 0 Å². The lowest BCUT2D eigenvalue weighted by molar-refractivity contribution is 1.57. The van der Waals surface area contributed by atoms with Crippen molar-refractivity contribution < 1.29 is 0 Å². The molecule has 0 heterocycles. The molecule has 0 N–H and O–H groups in total. The van der Waals surface area contributed by atoms with Gasteiger partial charge in [0.05, 0.1) is 10.0 Å². The zero-order valence-corrected chi connectivity index (χ0v) is 13.8. The van der Waals surface area contributed by atoms with Crippen LogP contribution in [-0.2, 0) is 0 Å². The highest BCUT2D eigenvalue weighted by atomic mass is 127. The Bertz CT molecular complexity index is 489. The predicted octanol–water partition coefficient (Wildman–Crippen LogP) is 5.87. The normalized spacial score (nSPS) is 10.5. The minimum Gasteiger partial charge on any atom is -0.0832 e. The van der Waals surface area contributed by atoms with Crippen LogP contribution in [0.25, 0.3) is 11.1 Å². The Balaban J connectivity index is 2.50. The van der Waals surface area contributed by atoms with Gasteiger partial charge < -0.3 is 0 Å². The Morgan fingerprint density at radius 1 is 0.688 bits per heavy atom. The molecule has 0 unspecified atom stereocenters. The van der Waals surface area contributed by atoms with Crippen molar-refractivity contribution in [1.29, 1.82) is 0 Å². The molecule has 0 saturated carbocycles. The minimum absolute atomic E-state index is 0.771. The number of hydrogen-bond donors (Lipinski definition) is 0. The van der Waals surface area contributed by atoms with Gasteiger partial charge in [0.1, 0.15) is 0 Å². The molecule has 0 aromatic heterocycles. The first kappa shape index (κ1) is 12.9. The van der Waals surface area contributed by atoms with Gasteiger partial charge in [-0.2, -0.15) is 0 Å². The monoisotopic (exact) mass is 474 g/mol. The molecule has 2 aromatic rings. The van der Waals surface area contributed by atoms with Gasteiger partial charge in [-0.05, 0) is 80.6 Å². The van der Waals surface area contributed by atoms with E-state index >= 15 is 0 Å². The van der Waals surface area contributed by atoms with E-state index in [-0.39, 0.29) is 0 Å². The van der Waals surface area contributed by atoms with Gasteiger partial charge >= 0.3 is 0 Å². The molecule has 0 bridgehead atoms. The van der Waals surface area contributed by atoms with E-state index in [0.717, 1.165) is 28.3 Å². The fraction of sp³-hybridized carbons (Fsp3) is 0. The number of benzene rings is 2. The lowest BCUT2D eigenvalue weighted by Crippen LogP contribution is -1.82. The number of halogens is 4. The second-order valence-electron chi connectivity index (χ2n) is 3.26. The lowest BCUT2D eigenvalue weighted by atomic mass is 10.1. The summed E-state index contributed by atoms with van der Waals surface area (Å²) in [6.07, 6.45) is 0. The summed E-state index contributed by atoms with van der Waals surface area (Å²) in [5.74, 6) is 0. The molecule has 2 aromatic carbocycles. The SMILES string of the molecule is Clc1cc(-c2ccc(I)c(Cl)c2)ccc1I. The predicted molar refractivity (Wildman–Crippen MR) is 87.3 cm³/mol. The Hall–Kier alpha value is 0.480. The molecule has 0 radical (unpaired) electrons. The molecule has 0 saturated heterocycles. The fourth-order valence-electron chi connectivity index (χ4n) is 1.35. The zero-order valence-electron chi connectivity index (χ0n) is 7.98. The van der Waals surface area contributed by atoms with Gasteiger partial charge in [0.25, 0.3) is 0 Å². The van der Waals surface area contributed by atoms with Gasteiger partial charge in [-0.1, -0.05) is 35.3 Å². The number of rotatable bonds is 1. The van der Waals surface area contributed by atoms with Crippen LogP contribution in [-0.4, -0.2) is 0 Å². The Morgan fingerprint density at radius 2 is 1.06 bits per heavy atom. The maximum Gasteiger partial charge on any atom is 0.0545 e. The van der Waals surface area contributed by atoms with Crippen molar-refractivity contribution in [3.63, 3.8) is 0 Å². The molecule has 0 aliphatic heterocycles. The summed E-state index contributed by atoms with van der Waals surface area (Å²) in [4.78, 5) is 0. The summed E-state index contributed by atoms with van der Waals surface area (Å²) >= 11 is 16.6. The van der Waals surface area contributed by atoms with E-state index in [1.807, 2.05) is 36.4 Å². The minimum atomic E-state index is 0.771. The molecule has 0 spiro atoms. The average molecular weight is 475 g/mol. The van der Waals surface area contributed by atoms with Crippen molar-refractivity contribution in [2.24, 2.45) is 0 Å². The van der Waals surface area contributed by atoms with Crippen LogP contribution in [0.2, 0.25) is 10.0 Å². The van der Waals surface area contributed by atoms with Crippen LogP contribution in [0.1, 0.15) is 0 Å². The van der Waals surface area contributed by atoms with Gasteiger partial charge in [-0.25, -0.2) is 0 Å². The van der Waals surface area contributed by atoms with Crippen molar-refractivity contribution >= 4 is 68.4 Å². The van der Waals surface area contributed by atoms with Crippen LogP contribution in [0, 0.1) is 7.14 Å². The van der Waals surface area contributed by atoms with E-state index in [0.29, 0.717) is 0 Å². The molecule has 82 valence electrons. The Kier molecular flexibility index (Phi) is 4.38. The molecule has 16 heavy (non-hydrogen) atoms. The molecular weight excluding hydrogens is 469 g/mol. The Labute approximate surface area is 132 Å². The summed E-state index contributed by atoms with van der Waals surface area (Å²) < 4.78 is 2.11. The first-order valence-electron chi connectivity index (χ1n) is 4.48. The van der Waals surface area contributed by atoms with Crippen LogP contribution in [0.3, 0.4) is 0 Å². The summed E-state index contributed by atoms with van der Waals surface area (Å²) in [5, 5.41) is 1.54. The van der Waals surface area contributed by atoms with Gasteiger partial charge in [0.15, 0.2) is 0 Å². The smallest absolute Gasteiger partial charge is 0.0545 e. The standard InChI is InChI=1S/C12H6Cl2I2/c13-9-5-7(1-3-11(9)15)8-2-4-12(16)10(14)6-8/h1-6H. The van der Waals surface area contributed by atoms with Gasteiger partial charge in [0, 0.05) is 7.14 Å². The average Bonchev–Trinajstić information content (AvgIpc) is 2.26. The highest BCUT2D eigenvalue weighted by Crippen LogP contribution is 2.29. The first-order chi connectivity index (χ1) is 7.58. The summed E-state index contributed by atoms with van der Waals surface area (Å²) in [7, 11) is 0. The molecule has 0 amide bonds. The zero-order chi connectivity index (χ0) is 11.7. The van der Waals surface area contributed by atoms with Crippen molar-refractivity contribution in [2.75, 3.05) is 0 Å². The van der Waals surface area contributed by atoms with Crippen LogP contribution in [0.4, 0.5) is 0 Å². The molecule has 0 fully saturated rings. The molecule has 2 rings (SSSR count). The van der Waals surface area contributed by atoms with Crippen molar-refractivity contribution in [1.82, 2.24) is 0 Å². The second kappa shape index (κ2) is 5.42. The molecular formula is C12H6Cl2I2. The maximum atomic E-state index is 6.09. The molecule has 0 nitrogen and oxygen atoms in total. The van der Waals surface area contributed by atoms with E-state index < -0.39 is 0 Å². The van der Waals surface area contributed by atoms with E-state index in [9.17, 15) is 0 Å². The van der Waals surface area contributed by atoms with E-state index in [4.69, 9.17) is 23.2 Å². The van der Waals surface area contributed by atoms with Crippen LogP contribution < -0.4 is 0 Å². The van der Waals surface area contributed by atoms with E-state index in [1.54, 1.807) is 0 Å². The highest BCUT2D eigenvalue weighted by Gasteiger charge is 2.04. The third-order valence-electron chi connectivity index (χ3n) is 2.17. The van der Waals surface area contributed by atoms with Gasteiger partial charge in [0.2, 0.25) is 0 Å². The fourth-order valence-corrected chi connectivity index (χ4v) is 2.38. The van der Waals surface area contributed by atoms with Crippen LogP contribution in [0.5, 0.6) is 0 Å². The summed E-state index contributed by atoms with van der Waals surface area (Å²) in [6, 6.07) is 12.0. The quantitative estimate of drug-likeness (QED) is 0.453. The van der Waals surface area contributed by atoms with Crippen molar-refractivity contribution in [3.05, 3.63) is 53.6 Å². The topological polar surface area (TPSA) is 0 Å². The van der Waals surface area contributed by atoms with E-state index in [2.05, 4.69) is 45.2 Å².